The quantitative estimate of drug-likeness (QED) is 0.169. The topological polar surface area (TPSA) is 48.5 Å². The van der Waals surface area contributed by atoms with E-state index in [2.05, 4.69) is 188 Å². The predicted molar refractivity (Wildman–Crippen MR) is 249 cm³/mol. The van der Waals surface area contributed by atoms with Gasteiger partial charge in [-0.15, -0.1) is 0 Å². The molecule has 0 bridgehead atoms. The molecule has 0 aliphatic carbocycles. The van der Waals surface area contributed by atoms with E-state index in [4.69, 9.17) is 15.0 Å². The second-order valence-corrected chi connectivity index (χ2v) is 16.5. The number of para-hydroxylation sites is 4. The fourth-order valence-corrected chi connectivity index (χ4v) is 8.80. The van der Waals surface area contributed by atoms with E-state index in [0.29, 0.717) is 17.5 Å². The molecule has 0 spiro atoms. The van der Waals surface area contributed by atoms with E-state index in [-0.39, 0.29) is 5.41 Å². The zero-order valence-corrected chi connectivity index (χ0v) is 33.7. The van der Waals surface area contributed by atoms with Gasteiger partial charge in [0.2, 0.25) is 0 Å². The molecule has 3 heterocycles. The van der Waals surface area contributed by atoms with E-state index >= 15 is 0 Å². The minimum absolute atomic E-state index is 0.00000591. The van der Waals surface area contributed by atoms with Crippen molar-refractivity contribution in [2.24, 2.45) is 0 Å². The lowest BCUT2D eigenvalue weighted by atomic mass is 9.86. The van der Waals surface area contributed by atoms with Crippen LogP contribution in [0.4, 0.5) is 0 Å². The maximum absolute atomic E-state index is 5.33. The average Bonchev–Trinajstić information content (AvgIpc) is 3.82. The van der Waals surface area contributed by atoms with Crippen molar-refractivity contribution in [2.45, 2.75) is 26.2 Å². The van der Waals surface area contributed by atoms with E-state index < -0.39 is 0 Å². The summed E-state index contributed by atoms with van der Waals surface area (Å²) in [5, 5.41) is 4.84. The lowest BCUT2D eigenvalue weighted by Gasteiger charge is -2.20. The molecule has 286 valence electrons. The molecule has 0 saturated carbocycles. The van der Waals surface area contributed by atoms with E-state index in [9.17, 15) is 0 Å². The molecule has 0 radical (unpaired) electrons. The minimum Gasteiger partial charge on any atom is -0.309 e. The molecule has 8 aromatic carbocycles. The molecule has 0 aliphatic heterocycles. The highest BCUT2D eigenvalue weighted by atomic mass is 15.1. The zero-order valence-electron chi connectivity index (χ0n) is 33.7. The van der Waals surface area contributed by atoms with Gasteiger partial charge in [-0.3, -0.25) is 0 Å². The summed E-state index contributed by atoms with van der Waals surface area (Å²) in [5.41, 5.74) is 12.9. The van der Waals surface area contributed by atoms with Gasteiger partial charge in [0.05, 0.1) is 27.8 Å². The molecule has 11 rings (SSSR count). The van der Waals surface area contributed by atoms with E-state index in [0.717, 1.165) is 55.7 Å². The summed E-state index contributed by atoms with van der Waals surface area (Å²) in [6, 6.07) is 68.9. The largest absolute Gasteiger partial charge is 0.309 e. The third kappa shape index (κ3) is 5.89. The number of hydrogen-bond donors (Lipinski definition) is 0. The van der Waals surface area contributed by atoms with Crippen LogP contribution in [0.1, 0.15) is 26.3 Å². The van der Waals surface area contributed by atoms with Crippen molar-refractivity contribution in [3.8, 4) is 56.7 Å². The second-order valence-electron chi connectivity index (χ2n) is 16.5. The van der Waals surface area contributed by atoms with Gasteiger partial charge in [0.25, 0.3) is 0 Å². The van der Waals surface area contributed by atoms with Gasteiger partial charge < -0.3 is 9.13 Å². The van der Waals surface area contributed by atoms with E-state index in [1.807, 2.05) is 36.4 Å². The molecule has 0 aliphatic rings. The Morgan fingerprint density at radius 2 is 0.900 bits per heavy atom. The third-order valence-corrected chi connectivity index (χ3v) is 11.7. The van der Waals surface area contributed by atoms with Gasteiger partial charge in [-0.1, -0.05) is 166 Å². The highest BCUT2D eigenvalue weighted by Crippen LogP contribution is 2.42. The van der Waals surface area contributed by atoms with Crippen LogP contribution in [0.2, 0.25) is 0 Å². The van der Waals surface area contributed by atoms with Gasteiger partial charge in [-0.2, -0.15) is 0 Å². The van der Waals surface area contributed by atoms with Crippen LogP contribution in [0.5, 0.6) is 0 Å². The number of aromatic nitrogens is 5. The fraction of sp³-hybridized carbons (Fsp3) is 0.0727. The monoisotopic (exact) mass is 771 g/mol. The Morgan fingerprint density at radius 3 is 1.55 bits per heavy atom. The fourth-order valence-electron chi connectivity index (χ4n) is 8.80. The van der Waals surface area contributed by atoms with Crippen molar-refractivity contribution >= 4 is 43.6 Å². The van der Waals surface area contributed by atoms with Crippen LogP contribution in [0, 0.1) is 0 Å². The maximum atomic E-state index is 5.33. The summed E-state index contributed by atoms with van der Waals surface area (Å²) < 4.78 is 4.79. The Kier molecular flexibility index (Phi) is 8.31. The molecule has 0 N–H and O–H groups in total. The first-order valence-corrected chi connectivity index (χ1v) is 20.5. The molecule has 11 aromatic rings. The molecule has 5 heteroatoms. The molecular formula is C55H41N5. The number of fused-ring (bicyclic) bond motifs is 6. The van der Waals surface area contributed by atoms with Crippen molar-refractivity contribution in [1.29, 1.82) is 0 Å². The maximum Gasteiger partial charge on any atom is 0.166 e. The molecule has 0 amide bonds. The van der Waals surface area contributed by atoms with Crippen LogP contribution in [0.15, 0.2) is 194 Å². The Morgan fingerprint density at radius 1 is 0.367 bits per heavy atom. The average molecular weight is 772 g/mol. The van der Waals surface area contributed by atoms with Crippen molar-refractivity contribution in [2.75, 3.05) is 0 Å². The molecule has 0 saturated heterocycles. The summed E-state index contributed by atoms with van der Waals surface area (Å²) in [6.07, 6.45) is 0. The molecular weight excluding hydrogens is 731 g/mol. The van der Waals surface area contributed by atoms with Crippen molar-refractivity contribution in [3.63, 3.8) is 0 Å². The van der Waals surface area contributed by atoms with E-state index in [1.165, 1.54) is 32.6 Å². The van der Waals surface area contributed by atoms with Gasteiger partial charge in [0, 0.05) is 49.5 Å². The number of hydrogen-bond acceptors (Lipinski definition) is 3. The van der Waals surface area contributed by atoms with Crippen molar-refractivity contribution in [3.05, 3.63) is 200 Å². The third-order valence-electron chi connectivity index (χ3n) is 11.7. The first-order valence-electron chi connectivity index (χ1n) is 20.5. The van der Waals surface area contributed by atoms with Crippen LogP contribution in [0.3, 0.4) is 0 Å². The Balaban J connectivity index is 1.24. The smallest absolute Gasteiger partial charge is 0.166 e. The zero-order chi connectivity index (χ0) is 40.4. The standard InChI is InChI=1S/C55H41N5/c1-55(2,3)39-31-33-49-45(35-39)43-25-14-16-29-48(43)60(49)50-32-30-38(41-26-17-27-44-42-24-13-15-28-47(42)59(51(41)44)40-22-11-6-12-23-40)34-46(50)54-57-52(36-18-7-4-8-19-36)56-53(58-54)37-20-9-5-10-21-37/h4-35H,1-3H3. The lowest BCUT2D eigenvalue weighted by molar-refractivity contribution is 0.591. The molecule has 0 atom stereocenters. The summed E-state index contributed by atoms with van der Waals surface area (Å²) in [6.45, 7) is 6.83. The SMILES string of the molecule is CC(C)(C)c1ccc2c(c1)c1ccccc1n2-c1ccc(-c2cccc3c4ccccc4n(-c4ccccc4)c23)cc1-c1nc(-c2ccccc2)nc(-c2ccccc2)n1. The van der Waals surface area contributed by atoms with Crippen molar-refractivity contribution in [1.82, 2.24) is 24.1 Å². The molecule has 0 fully saturated rings. The highest BCUT2D eigenvalue weighted by molar-refractivity contribution is 6.14. The van der Waals surface area contributed by atoms with Crippen LogP contribution >= 0.6 is 0 Å². The van der Waals surface area contributed by atoms with Crippen LogP contribution < -0.4 is 0 Å². The Hall–Kier alpha value is -7.63. The first-order chi connectivity index (χ1) is 29.4. The first kappa shape index (κ1) is 35.5. The lowest BCUT2D eigenvalue weighted by Crippen LogP contribution is -2.10. The number of benzene rings is 8. The van der Waals surface area contributed by atoms with Crippen LogP contribution in [0.25, 0.3) is 100 Å². The van der Waals surface area contributed by atoms with Crippen molar-refractivity contribution < 1.29 is 0 Å². The molecule has 0 unspecified atom stereocenters. The van der Waals surface area contributed by atoms with Crippen LogP contribution in [-0.4, -0.2) is 24.1 Å². The highest BCUT2D eigenvalue weighted by Gasteiger charge is 2.23. The van der Waals surface area contributed by atoms with Gasteiger partial charge in [-0.05, 0) is 65.1 Å². The number of nitrogens with zero attached hydrogens (tertiary/aromatic N) is 5. The van der Waals surface area contributed by atoms with Gasteiger partial charge in [0.15, 0.2) is 17.5 Å². The molecule has 3 aromatic heterocycles. The van der Waals surface area contributed by atoms with Gasteiger partial charge in [0.1, 0.15) is 0 Å². The number of rotatable bonds is 6. The minimum atomic E-state index is -0.00000591. The predicted octanol–water partition coefficient (Wildman–Crippen LogP) is 14.0. The molecule has 5 nitrogen and oxygen atoms in total. The summed E-state index contributed by atoms with van der Waals surface area (Å²) in [4.78, 5) is 15.7. The van der Waals surface area contributed by atoms with Gasteiger partial charge >= 0.3 is 0 Å². The van der Waals surface area contributed by atoms with Gasteiger partial charge in [-0.25, -0.2) is 15.0 Å². The van der Waals surface area contributed by atoms with Crippen LogP contribution in [-0.2, 0) is 5.41 Å². The normalized spacial score (nSPS) is 11.9. The second kappa shape index (κ2) is 14.0. The Bertz CT molecular complexity index is 3330. The Labute approximate surface area is 348 Å². The van der Waals surface area contributed by atoms with E-state index in [1.54, 1.807) is 0 Å². The summed E-state index contributed by atoms with van der Waals surface area (Å²) in [5.74, 6) is 1.85. The summed E-state index contributed by atoms with van der Waals surface area (Å²) >= 11 is 0. The molecule has 60 heavy (non-hydrogen) atoms. The summed E-state index contributed by atoms with van der Waals surface area (Å²) in [7, 11) is 0.